The van der Waals surface area contributed by atoms with Gasteiger partial charge in [-0.3, -0.25) is 4.79 Å². The lowest BCUT2D eigenvalue weighted by Gasteiger charge is -2.25. The van der Waals surface area contributed by atoms with Gasteiger partial charge in [0.1, 0.15) is 0 Å². The molecule has 70 valence electrons. The number of carbonyl (C=O) groups is 1. The topological polar surface area (TPSA) is 44.4 Å². The average molecular weight is 171 g/mol. The molecule has 1 atom stereocenters. The van der Waals surface area contributed by atoms with Crippen LogP contribution in [-0.2, 0) is 4.79 Å². The Kier molecular flexibility index (Phi) is 3.49. The Labute approximate surface area is 73.3 Å². The molecule has 0 saturated carbocycles. The molecule has 0 aromatic carbocycles. The predicted octanol–water partition coefficient (Wildman–Crippen LogP) is -0.974. The van der Waals surface area contributed by atoms with Crippen molar-refractivity contribution in [1.82, 2.24) is 15.5 Å². The number of piperazine rings is 1. The van der Waals surface area contributed by atoms with E-state index in [0.29, 0.717) is 12.5 Å². The Hall–Kier alpha value is -0.610. The molecule has 1 heterocycles. The Bertz CT molecular complexity index is 152. The van der Waals surface area contributed by atoms with Crippen LogP contribution in [0.2, 0.25) is 0 Å². The van der Waals surface area contributed by atoms with Crippen molar-refractivity contribution in [2.45, 2.75) is 12.5 Å². The third-order valence-electron chi connectivity index (χ3n) is 2.05. The molecule has 0 bridgehead atoms. The molecular formula is C8H17N3O. The molecule has 0 unspecified atom stereocenters. The Morgan fingerprint density at radius 3 is 2.75 bits per heavy atom. The number of carbonyl (C=O) groups excluding carboxylic acids is 1. The molecule has 4 heteroatoms. The van der Waals surface area contributed by atoms with Crippen LogP contribution in [0.25, 0.3) is 0 Å². The summed E-state index contributed by atoms with van der Waals surface area (Å²) in [5, 5.41) is 6.54. The van der Waals surface area contributed by atoms with Crippen molar-refractivity contribution in [2.24, 2.45) is 0 Å². The Morgan fingerprint density at radius 2 is 2.25 bits per heavy atom. The predicted molar refractivity (Wildman–Crippen MR) is 48.0 cm³/mol. The maximum absolute atomic E-state index is 11.3. The van der Waals surface area contributed by atoms with E-state index in [-0.39, 0.29) is 5.91 Å². The molecular weight excluding hydrogens is 154 g/mol. The molecule has 0 radical (unpaired) electrons. The molecule has 2 N–H and O–H groups in total. The van der Waals surface area contributed by atoms with Gasteiger partial charge in [0.05, 0.1) is 0 Å². The highest BCUT2D eigenvalue weighted by Gasteiger charge is 2.16. The van der Waals surface area contributed by atoms with Gasteiger partial charge >= 0.3 is 0 Å². The summed E-state index contributed by atoms with van der Waals surface area (Å²) < 4.78 is 0. The van der Waals surface area contributed by atoms with Crippen molar-refractivity contribution in [3.63, 3.8) is 0 Å². The lowest BCUT2D eigenvalue weighted by atomic mass is 10.1. The van der Waals surface area contributed by atoms with E-state index in [0.717, 1.165) is 19.6 Å². The summed E-state index contributed by atoms with van der Waals surface area (Å²) in [7, 11) is 3.58. The number of nitrogens with zero attached hydrogens (tertiary/aromatic N) is 1. The first-order valence-corrected chi connectivity index (χ1v) is 4.34. The summed E-state index contributed by atoms with van der Waals surface area (Å²) in [6.07, 6.45) is 0.597. The van der Waals surface area contributed by atoms with E-state index in [1.807, 2.05) is 0 Å². The first kappa shape index (κ1) is 9.48. The van der Waals surface area contributed by atoms with Crippen LogP contribution in [-0.4, -0.2) is 50.6 Å². The normalized spacial score (nSPS) is 23.7. The van der Waals surface area contributed by atoms with Crippen molar-refractivity contribution in [3.05, 3.63) is 0 Å². The molecule has 1 fully saturated rings. The third-order valence-corrected chi connectivity index (χ3v) is 2.05. The van der Waals surface area contributed by atoms with Gasteiger partial charge in [-0.25, -0.2) is 0 Å². The summed E-state index contributed by atoms with van der Waals surface area (Å²) in [6, 6.07) is 0.314. The second kappa shape index (κ2) is 4.42. The molecule has 1 rings (SSSR count). The van der Waals surface area contributed by atoms with E-state index in [2.05, 4.69) is 10.6 Å². The van der Waals surface area contributed by atoms with Gasteiger partial charge in [0, 0.05) is 46.2 Å². The molecule has 0 aliphatic carbocycles. The fourth-order valence-corrected chi connectivity index (χ4v) is 1.25. The minimum absolute atomic E-state index is 0.191. The zero-order valence-electron chi connectivity index (χ0n) is 7.76. The number of hydrogen-bond donors (Lipinski definition) is 2. The van der Waals surface area contributed by atoms with Crippen molar-refractivity contribution in [3.8, 4) is 0 Å². The third kappa shape index (κ3) is 2.79. The van der Waals surface area contributed by atoms with Crippen LogP contribution in [0, 0.1) is 0 Å². The largest absolute Gasteiger partial charge is 0.349 e. The first-order chi connectivity index (χ1) is 5.70. The minimum atomic E-state index is 0.191. The molecule has 1 aliphatic heterocycles. The highest BCUT2D eigenvalue weighted by molar-refractivity contribution is 5.76. The van der Waals surface area contributed by atoms with Gasteiger partial charge < -0.3 is 15.5 Å². The van der Waals surface area contributed by atoms with E-state index >= 15 is 0 Å². The maximum Gasteiger partial charge on any atom is 0.223 e. The van der Waals surface area contributed by atoms with Gasteiger partial charge in [0.15, 0.2) is 0 Å². The number of amides is 1. The van der Waals surface area contributed by atoms with E-state index in [4.69, 9.17) is 0 Å². The number of hydrogen-bond acceptors (Lipinski definition) is 3. The molecule has 12 heavy (non-hydrogen) atoms. The van der Waals surface area contributed by atoms with Gasteiger partial charge in [0.25, 0.3) is 0 Å². The molecule has 0 aromatic heterocycles. The van der Waals surface area contributed by atoms with Crippen LogP contribution in [0.4, 0.5) is 0 Å². The highest BCUT2D eigenvalue weighted by Crippen LogP contribution is 1.96. The lowest BCUT2D eigenvalue weighted by Crippen LogP contribution is -2.50. The van der Waals surface area contributed by atoms with Crippen LogP contribution >= 0.6 is 0 Å². The Morgan fingerprint density at radius 1 is 1.50 bits per heavy atom. The van der Waals surface area contributed by atoms with Gasteiger partial charge in [-0.1, -0.05) is 0 Å². The van der Waals surface area contributed by atoms with E-state index in [9.17, 15) is 4.79 Å². The fourth-order valence-electron chi connectivity index (χ4n) is 1.25. The van der Waals surface area contributed by atoms with Crippen LogP contribution in [0.1, 0.15) is 6.42 Å². The number of rotatable bonds is 2. The smallest absolute Gasteiger partial charge is 0.223 e. The van der Waals surface area contributed by atoms with Crippen molar-refractivity contribution < 1.29 is 4.79 Å². The quantitative estimate of drug-likeness (QED) is 0.561. The number of nitrogens with one attached hydrogen (secondary N) is 2. The summed E-state index contributed by atoms with van der Waals surface area (Å²) >= 11 is 0. The zero-order valence-corrected chi connectivity index (χ0v) is 7.76. The SMILES string of the molecule is CN(C)C(=O)C[C@H]1CNCCN1. The fraction of sp³-hybridized carbons (Fsp3) is 0.875. The van der Waals surface area contributed by atoms with E-state index in [1.165, 1.54) is 0 Å². The molecule has 1 aliphatic rings. The van der Waals surface area contributed by atoms with Crippen molar-refractivity contribution >= 4 is 5.91 Å². The summed E-state index contributed by atoms with van der Waals surface area (Å²) in [5.74, 6) is 0.191. The lowest BCUT2D eigenvalue weighted by molar-refractivity contribution is -0.129. The standard InChI is InChI=1S/C8H17N3O/c1-11(2)8(12)5-7-6-9-3-4-10-7/h7,9-10H,3-6H2,1-2H3/t7-/m0/s1. The van der Waals surface area contributed by atoms with Gasteiger partial charge in [-0.15, -0.1) is 0 Å². The maximum atomic E-state index is 11.3. The van der Waals surface area contributed by atoms with Gasteiger partial charge in [-0.05, 0) is 0 Å². The van der Waals surface area contributed by atoms with Crippen molar-refractivity contribution in [2.75, 3.05) is 33.7 Å². The average Bonchev–Trinajstić information content (AvgIpc) is 2.06. The summed E-state index contributed by atoms with van der Waals surface area (Å²) in [6.45, 7) is 2.87. The summed E-state index contributed by atoms with van der Waals surface area (Å²) in [5.41, 5.74) is 0. The molecule has 0 aromatic rings. The van der Waals surface area contributed by atoms with Crippen molar-refractivity contribution in [1.29, 1.82) is 0 Å². The van der Waals surface area contributed by atoms with Gasteiger partial charge in [-0.2, -0.15) is 0 Å². The molecule has 4 nitrogen and oxygen atoms in total. The van der Waals surface area contributed by atoms with Crippen LogP contribution < -0.4 is 10.6 Å². The zero-order chi connectivity index (χ0) is 8.97. The second-order valence-corrected chi connectivity index (χ2v) is 3.35. The monoisotopic (exact) mass is 171 g/mol. The van der Waals surface area contributed by atoms with E-state index < -0.39 is 0 Å². The van der Waals surface area contributed by atoms with Gasteiger partial charge in [0.2, 0.25) is 5.91 Å². The molecule has 0 spiro atoms. The summed E-state index contributed by atoms with van der Waals surface area (Å²) in [4.78, 5) is 12.9. The Balaban J connectivity index is 2.24. The first-order valence-electron chi connectivity index (χ1n) is 4.34. The van der Waals surface area contributed by atoms with Crippen LogP contribution in [0.15, 0.2) is 0 Å². The molecule has 1 amide bonds. The molecule has 1 saturated heterocycles. The van der Waals surface area contributed by atoms with Crippen LogP contribution in [0.5, 0.6) is 0 Å². The minimum Gasteiger partial charge on any atom is -0.349 e. The van der Waals surface area contributed by atoms with Crippen LogP contribution in [0.3, 0.4) is 0 Å². The second-order valence-electron chi connectivity index (χ2n) is 3.35. The van der Waals surface area contributed by atoms with E-state index in [1.54, 1.807) is 19.0 Å². The highest BCUT2D eigenvalue weighted by atomic mass is 16.2.